The predicted molar refractivity (Wildman–Crippen MR) is 81.2 cm³/mol. The van der Waals surface area contributed by atoms with Crippen LogP contribution in [0, 0.1) is 0 Å². The number of hydrogen-bond acceptors (Lipinski definition) is 2. The van der Waals surface area contributed by atoms with Crippen molar-refractivity contribution >= 4 is 34.2 Å². The van der Waals surface area contributed by atoms with E-state index in [4.69, 9.17) is 23.2 Å². The van der Waals surface area contributed by atoms with Crippen LogP contribution in [0.15, 0.2) is 30.5 Å². The Morgan fingerprint density at radius 3 is 2.80 bits per heavy atom. The molecule has 0 radical (unpaired) electrons. The molecule has 3 rings (SSSR count). The van der Waals surface area contributed by atoms with Crippen LogP contribution in [-0.4, -0.2) is 19.3 Å². The van der Waals surface area contributed by atoms with E-state index in [2.05, 4.69) is 14.6 Å². The number of hydrogen-bond donors (Lipinski definition) is 0. The average molecular weight is 309 g/mol. The molecule has 104 valence electrons. The van der Waals surface area contributed by atoms with E-state index in [1.807, 2.05) is 37.5 Å². The van der Waals surface area contributed by atoms with Crippen molar-refractivity contribution < 1.29 is 0 Å². The number of para-hydroxylation sites is 1. The lowest BCUT2D eigenvalue weighted by Crippen LogP contribution is -2.05. The highest BCUT2D eigenvalue weighted by molar-refractivity contribution is 6.35. The van der Waals surface area contributed by atoms with Gasteiger partial charge in [-0.2, -0.15) is 5.10 Å². The smallest absolute Gasteiger partial charge is 0.124 e. The van der Waals surface area contributed by atoms with Gasteiger partial charge in [-0.05, 0) is 18.2 Å². The minimum Gasteiger partial charge on any atom is -0.327 e. The Labute approximate surface area is 126 Å². The molecule has 0 atom stereocenters. The van der Waals surface area contributed by atoms with Gasteiger partial charge in [-0.1, -0.05) is 17.7 Å². The number of alkyl halides is 1. The predicted octanol–water partition coefficient (Wildman–Crippen LogP) is 3.40. The number of aromatic nitrogens is 4. The number of halogens is 2. The summed E-state index contributed by atoms with van der Waals surface area (Å²) in [5.41, 5.74) is 2.88. The second-order valence-electron chi connectivity index (χ2n) is 4.65. The molecule has 2 heterocycles. The summed E-state index contributed by atoms with van der Waals surface area (Å²) in [6.07, 6.45) is 2.78. The lowest BCUT2D eigenvalue weighted by molar-refractivity contribution is 0.660. The van der Waals surface area contributed by atoms with Crippen molar-refractivity contribution in [3.05, 3.63) is 47.0 Å². The van der Waals surface area contributed by atoms with Crippen LogP contribution in [0.3, 0.4) is 0 Å². The van der Waals surface area contributed by atoms with Crippen molar-refractivity contribution in [1.82, 2.24) is 19.3 Å². The highest BCUT2D eigenvalue weighted by Crippen LogP contribution is 2.24. The molecule has 20 heavy (non-hydrogen) atoms. The van der Waals surface area contributed by atoms with Gasteiger partial charge in [0, 0.05) is 26.2 Å². The van der Waals surface area contributed by atoms with Gasteiger partial charge in [0.05, 0.1) is 22.1 Å². The third kappa shape index (κ3) is 2.41. The molecular formula is C14H14Cl2N4. The zero-order valence-electron chi connectivity index (χ0n) is 11.1. The summed E-state index contributed by atoms with van der Waals surface area (Å²) in [4.78, 5) is 4.52. The molecule has 0 aliphatic rings. The van der Waals surface area contributed by atoms with E-state index in [9.17, 15) is 0 Å². The molecule has 0 saturated heterocycles. The van der Waals surface area contributed by atoms with Crippen LogP contribution < -0.4 is 0 Å². The van der Waals surface area contributed by atoms with E-state index in [1.165, 1.54) is 0 Å². The molecule has 0 amide bonds. The molecule has 1 aromatic carbocycles. The van der Waals surface area contributed by atoms with Crippen molar-refractivity contribution in [2.45, 2.75) is 18.8 Å². The van der Waals surface area contributed by atoms with E-state index in [0.29, 0.717) is 10.9 Å². The summed E-state index contributed by atoms with van der Waals surface area (Å²) in [5.74, 6) is 1.21. The summed E-state index contributed by atoms with van der Waals surface area (Å²) in [6.45, 7) is 0.788. The number of benzene rings is 1. The minimum absolute atomic E-state index is 0.368. The number of aryl methyl sites for hydroxylation is 3. The third-order valence-electron chi connectivity index (χ3n) is 3.29. The number of imidazole rings is 1. The fourth-order valence-electron chi connectivity index (χ4n) is 2.34. The van der Waals surface area contributed by atoms with Crippen LogP contribution in [0.4, 0.5) is 0 Å². The Kier molecular flexibility index (Phi) is 3.68. The highest BCUT2D eigenvalue weighted by Gasteiger charge is 2.12. The molecule has 0 aliphatic heterocycles. The van der Waals surface area contributed by atoms with Crippen molar-refractivity contribution in [1.29, 1.82) is 0 Å². The average Bonchev–Trinajstić information content (AvgIpc) is 3.01. The van der Waals surface area contributed by atoms with Gasteiger partial charge in [0.1, 0.15) is 11.3 Å². The molecule has 0 aliphatic carbocycles. The first-order valence-electron chi connectivity index (χ1n) is 6.37. The zero-order chi connectivity index (χ0) is 14.1. The molecule has 0 unspecified atom stereocenters. The van der Waals surface area contributed by atoms with Gasteiger partial charge < -0.3 is 4.57 Å². The molecule has 4 nitrogen and oxygen atoms in total. The molecule has 0 N–H and O–H groups in total. The second kappa shape index (κ2) is 5.46. The maximum atomic E-state index is 6.19. The van der Waals surface area contributed by atoms with E-state index in [1.54, 1.807) is 4.68 Å². The molecule has 2 aromatic heterocycles. The van der Waals surface area contributed by atoms with E-state index in [0.717, 1.165) is 35.5 Å². The van der Waals surface area contributed by atoms with Crippen molar-refractivity contribution in [3.63, 3.8) is 0 Å². The standard InChI is InChI=1S/C14H14Cl2N4/c1-19-7-5-10(18-19)6-8-20-12-4-2-3-11(16)14(12)17-13(20)9-15/h2-5,7H,6,8-9H2,1H3. The fraction of sp³-hybridized carbons (Fsp3) is 0.286. The van der Waals surface area contributed by atoms with Crippen LogP contribution >= 0.6 is 23.2 Å². The minimum atomic E-state index is 0.368. The Hall–Kier alpha value is -1.52. The quantitative estimate of drug-likeness (QED) is 0.692. The molecular weight excluding hydrogens is 295 g/mol. The summed E-state index contributed by atoms with van der Waals surface area (Å²) in [7, 11) is 1.92. The molecule has 3 aromatic rings. The first-order chi connectivity index (χ1) is 9.69. The topological polar surface area (TPSA) is 35.6 Å². The number of nitrogens with zero attached hydrogens (tertiary/aromatic N) is 4. The lowest BCUT2D eigenvalue weighted by atomic mass is 10.3. The monoisotopic (exact) mass is 308 g/mol. The van der Waals surface area contributed by atoms with E-state index in [-0.39, 0.29) is 0 Å². The van der Waals surface area contributed by atoms with E-state index < -0.39 is 0 Å². The second-order valence-corrected chi connectivity index (χ2v) is 5.33. The Balaban J connectivity index is 1.95. The van der Waals surface area contributed by atoms with E-state index >= 15 is 0 Å². The summed E-state index contributed by atoms with van der Waals surface area (Å²) in [5, 5.41) is 5.04. The van der Waals surface area contributed by atoms with Crippen LogP contribution in [-0.2, 0) is 25.9 Å². The normalized spacial score (nSPS) is 11.3. The van der Waals surface area contributed by atoms with Crippen LogP contribution in [0.2, 0.25) is 5.02 Å². The largest absolute Gasteiger partial charge is 0.327 e. The summed E-state index contributed by atoms with van der Waals surface area (Å²) >= 11 is 12.2. The zero-order valence-corrected chi connectivity index (χ0v) is 12.6. The van der Waals surface area contributed by atoms with Gasteiger partial charge in [0.2, 0.25) is 0 Å². The van der Waals surface area contributed by atoms with Gasteiger partial charge >= 0.3 is 0 Å². The van der Waals surface area contributed by atoms with Gasteiger partial charge in [0.15, 0.2) is 0 Å². The summed E-state index contributed by atoms with van der Waals surface area (Å²) in [6, 6.07) is 7.81. The van der Waals surface area contributed by atoms with Crippen LogP contribution in [0.1, 0.15) is 11.5 Å². The fourth-order valence-corrected chi connectivity index (χ4v) is 2.75. The Morgan fingerprint density at radius 1 is 1.25 bits per heavy atom. The van der Waals surface area contributed by atoms with Crippen molar-refractivity contribution in [2.24, 2.45) is 7.05 Å². The first-order valence-corrected chi connectivity index (χ1v) is 7.28. The number of fused-ring (bicyclic) bond motifs is 1. The van der Waals surface area contributed by atoms with Gasteiger partial charge in [0.25, 0.3) is 0 Å². The van der Waals surface area contributed by atoms with Gasteiger partial charge in [-0.3, -0.25) is 4.68 Å². The SMILES string of the molecule is Cn1ccc(CCn2c(CCl)nc3c(Cl)cccc32)n1. The lowest BCUT2D eigenvalue weighted by Gasteiger charge is -2.06. The molecule has 6 heteroatoms. The molecule has 0 saturated carbocycles. The van der Waals surface area contributed by atoms with Crippen molar-refractivity contribution in [2.75, 3.05) is 0 Å². The Bertz CT molecular complexity index is 745. The van der Waals surface area contributed by atoms with Gasteiger partial charge in [-0.25, -0.2) is 4.98 Å². The molecule has 0 spiro atoms. The van der Waals surface area contributed by atoms with Crippen LogP contribution in [0.5, 0.6) is 0 Å². The summed E-state index contributed by atoms with van der Waals surface area (Å²) < 4.78 is 3.92. The maximum Gasteiger partial charge on any atom is 0.124 e. The first kappa shape index (κ1) is 13.5. The van der Waals surface area contributed by atoms with Gasteiger partial charge in [-0.15, -0.1) is 11.6 Å². The van der Waals surface area contributed by atoms with Crippen LogP contribution in [0.25, 0.3) is 11.0 Å². The number of rotatable bonds is 4. The maximum absolute atomic E-state index is 6.19. The Morgan fingerprint density at radius 2 is 2.10 bits per heavy atom. The highest BCUT2D eigenvalue weighted by atomic mass is 35.5. The molecule has 0 bridgehead atoms. The van der Waals surface area contributed by atoms with Crippen molar-refractivity contribution in [3.8, 4) is 0 Å². The molecule has 0 fully saturated rings. The third-order valence-corrected chi connectivity index (χ3v) is 3.83.